The summed E-state index contributed by atoms with van der Waals surface area (Å²) < 4.78 is 15.8. The Morgan fingerprint density at radius 2 is 1.81 bits per heavy atom. The van der Waals surface area contributed by atoms with E-state index in [1.54, 1.807) is 16.0 Å². The number of hydrogen-bond donors (Lipinski definition) is 2. The molecule has 1 aromatic carbocycles. The van der Waals surface area contributed by atoms with Gasteiger partial charge < -0.3 is 10.2 Å². The summed E-state index contributed by atoms with van der Waals surface area (Å²) in [7, 11) is 0. The SMILES string of the molecule is CC(C)(C)c1csc(=NC2CCCCC2)n1/N=C/c1cc(O)c(O)cc1F. The van der Waals surface area contributed by atoms with Crippen LogP contribution in [0.2, 0.25) is 0 Å². The molecule has 2 N–H and O–H groups in total. The van der Waals surface area contributed by atoms with Crippen molar-refractivity contribution in [3.63, 3.8) is 0 Å². The largest absolute Gasteiger partial charge is 0.504 e. The van der Waals surface area contributed by atoms with Gasteiger partial charge in [0, 0.05) is 22.4 Å². The fourth-order valence-corrected chi connectivity index (χ4v) is 4.28. The molecule has 0 amide bonds. The zero-order chi connectivity index (χ0) is 19.6. The Morgan fingerprint density at radius 3 is 2.48 bits per heavy atom. The van der Waals surface area contributed by atoms with Gasteiger partial charge in [0.2, 0.25) is 4.80 Å². The van der Waals surface area contributed by atoms with Crippen molar-refractivity contribution in [1.29, 1.82) is 0 Å². The molecule has 0 bridgehead atoms. The van der Waals surface area contributed by atoms with Crippen molar-refractivity contribution < 1.29 is 14.6 Å². The Bertz CT molecular complexity index is 903. The normalized spacial score (nSPS) is 17.1. The fourth-order valence-electron chi connectivity index (χ4n) is 3.16. The molecule has 1 aliphatic rings. The molecule has 0 saturated heterocycles. The molecule has 0 spiro atoms. The molecule has 146 valence electrons. The van der Waals surface area contributed by atoms with E-state index in [0.717, 1.165) is 35.5 Å². The van der Waals surface area contributed by atoms with Gasteiger partial charge in [0.1, 0.15) is 5.82 Å². The van der Waals surface area contributed by atoms with Gasteiger partial charge in [-0.25, -0.2) is 9.07 Å². The number of halogens is 1. The van der Waals surface area contributed by atoms with Gasteiger partial charge in [-0.1, -0.05) is 40.0 Å². The number of phenolic OH excluding ortho intramolecular Hbond substituents is 2. The minimum absolute atomic E-state index is 0.104. The second-order valence-corrected chi connectivity index (χ2v) is 8.83. The van der Waals surface area contributed by atoms with Crippen molar-refractivity contribution in [1.82, 2.24) is 4.68 Å². The highest BCUT2D eigenvalue weighted by atomic mass is 32.1. The summed E-state index contributed by atoms with van der Waals surface area (Å²) in [6.07, 6.45) is 7.21. The number of benzene rings is 1. The fraction of sp³-hybridized carbons (Fsp3) is 0.500. The predicted octanol–water partition coefficient (Wildman–Crippen LogP) is 4.51. The van der Waals surface area contributed by atoms with E-state index >= 15 is 0 Å². The van der Waals surface area contributed by atoms with Gasteiger partial charge in [0.15, 0.2) is 11.5 Å². The second kappa shape index (κ2) is 7.84. The first-order valence-electron chi connectivity index (χ1n) is 9.26. The minimum atomic E-state index is -0.645. The van der Waals surface area contributed by atoms with Crippen LogP contribution in [0.5, 0.6) is 11.5 Å². The van der Waals surface area contributed by atoms with Crippen LogP contribution in [0.15, 0.2) is 27.6 Å². The van der Waals surface area contributed by atoms with Gasteiger partial charge in [-0.2, -0.15) is 5.10 Å². The molecule has 1 fully saturated rings. The van der Waals surface area contributed by atoms with Crippen LogP contribution in [0.1, 0.15) is 64.1 Å². The number of phenols is 2. The molecular formula is C20H26FN3O2S. The van der Waals surface area contributed by atoms with Gasteiger partial charge in [-0.3, -0.25) is 4.99 Å². The van der Waals surface area contributed by atoms with Crippen LogP contribution in [0.3, 0.4) is 0 Å². The van der Waals surface area contributed by atoms with Crippen molar-refractivity contribution in [2.45, 2.75) is 64.3 Å². The topological polar surface area (TPSA) is 70.1 Å². The van der Waals surface area contributed by atoms with E-state index in [-0.39, 0.29) is 16.7 Å². The Kier molecular flexibility index (Phi) is 5.69. The van der Waals surface area contributed by atoms with E-state index in [1.165, 1.54) is 25.5 Å². The third kappa shape index (κ3) is 4.58. The molecule has 1 saturated carbocycles. The summed E-state index contributed by atoms with van der Waals surface area (Å²) in [6, 6.07) is 2.35. The van der Waals surface area contributed by atoms with Crippen LogP contribution in [-0.4, -0.2) is 27.1 Å². The van der Waals surface area contributed by atoms with Gasteiger partial charge in [-0.15, -0.1) is 11.3 Å². The summed E-state index contributed by atoms with van der Waals surface area (Å²) in [5, 5.41) is 25.6. The molecule has 0 radical (unpaired) electrons. The van der Waals surface area contributed by atoms with Gasteiger partial charge in [0.05, 0.1) is 18.0 Å². The highest BCUT2D eigenvalue weighted by Gasteiger charge is 2.21. The van der Waals surface area contributed by atoms with Gasteiger partial charge in [0.25, 0.3) is 0 Å². The zero-order valence-electron chi connectivity index (χ0n) is 15.9. The van der Waals surface area contributed by atoms with Crippen LogP contribution in [0, 0.1) is 5.82 Å². The maximum absolute atomic E-state index is 14.1. The van der Waals surface area contributed by atoms with Crippen LogP contribution in [0.25, 0.3) is 0 Å². The summed E-state index contributed by atoms with van der Waals surface area (Å²) in [6.45, 7) is 6.29. The molecule has 0 unspecified atom stereocenters. The molecule has 2 aromatic rings. The Hall–Kier alpha value is -2.15. The Morgan fingerprint density at radius 1 is 1.15 bits per heavy atom. The van der Waals surface area contributed by atoms with Crippen molar-refractivity contribution in [3.05, 3.63) is 39.4 Å². The van der Waals surface area contributed by atoms with Crippen LogP contribution in [0.4, 0.5) is 4.39 Å². The Balaban J connectivity index is 2.03. The number of nitrogens with zero attached hydrogens (tertiary/aromatic N) is 3. The molecule has 27 heavy (non-hydrogen) atoms. The monoisotopic (exact) mass is 391 g/mol. The molecule has 0 aliphatic heterocycles. The molecular weight excluding hydrogens is 365 g/mol. The minimum Gasteiger partial charge on any atom is -0.504 e. The molecule has 3 rings (SSSR count). The lowest BCUT2D eigenvalue weighted by molar-refractivity contribution is 0.399. The molecule has 7 heteroatoms. The lowest BCUT2D eigenvalue weighted by Gasteiger charge is -2.19. The number of aromatic nitrogens is 1. The van der Waals surface area contributed by atoms with Gasteiger partial charge in [-0.05, 0) is 18.9 Å². The number of hydrogen-bond acceptors (Lipinski definition) is 5. The summed E-state index contributed by atoms with van der Waals surface area (Å²) >= 11 is 1.54. The van der Waals surface area contributed by atoms with E-state index < -0.39 is 11.6 Å². The van der Waals surface area contributed by atoms with Crippen LogP contribution < -0.4 is 4.80 Å². The molecule has 0 atom stereocenters. The first-order chi connectivity index (χ1) is 12.8. The maximum atomic E-state index is 14.1. The summed E-state index contributed by atoms with van der Waals surface area (Å²) in [5.74, 6) is -1.51. The zero-order valence-corrected chi connectivity index (χ0v) is 16.8. The summed E-state index contributed by atoms with van der Waals surface area (Å²) in [5.41, 5.74) is 0.943. The number of thiazole rings is 1. The van der Waals surface area contributed by atoms with E-state index in [2.05, 4.69) is 25.9 Å². The summed E-state index contributed by atoms with van der Waals surface area (Å²) in [4.78, 5) is 5.70. The lowest BCUT2D eigenvalue weighted by Crippen LogP contribution is -2.24. The molecule has 5 nitrogen and oxygen atoms in total. The van der Waals surface area contributed by atoms with Crippen LogP contribution in [-0.2, 0) is 5.41 Å². The highest BCUT2D eigenvalue weighted by Crippen LogP contribution is 2.27. The van der Waals surface area contributed by atoms with E-state index in [9.17, 15) is 14.6 Å². The maximum Gasteiger partial charge on any atom is 0.206 e. The first-order valence-corrected chi connectivity index (χ1v) is 10.1. The number of rotatable bonds is 3. The van der Waals surface area contributed by atoms with E-state index in [0.29, 0.717) is 6.04 Å². The predicted molar refractivity (Wildman–Crippen MR) is 106 cm³/mol. The van der Waals surface area contributed by atoms with Crippen LogP contribution >= 0.6 is 11.3 Å². The number of aromatic hydroxyl groups is 2. The van der Waals surface area contributed by atoms with Gasteiger partial charge >= 0.3 is 0 Å². The molecule has 1 heterocycles. The van der Waals surface area contributed by atoms with Crippen molar-refractivity contribution in [2.75, 3.05) is 0 Å². The average Bonchev–Trinajstić information content (AvgIpc) is 3.01. The molecule has 1 aromatic heterocycles. The van der Waals surface area contributed by atoms with E-state index in [4.69, 9.17) is 4.99 Å². The van der Waals surface area contributed by atoms with E-state index in [1.807, 2.05) is 5.38 Å². The average molecular weight is 392 g/mol. The Labute approximate surface area is 162 Å². The lowest BCUT2D eigenvalue weighted by atomic mass is 9.93. The quantitative estimate of drug-likeness (QED) is 0.597. The highest BCUT2D eigenvalue weighted by molar-refractivity contribution is 7.07. The van der Waals surface area contributed by atoms with Crippen molar-refractivity contribution >= 4 is 17.6 Å². The molecule has 1 aliphatic carbocycles. The van der Waals surface area contributed by atoms with Crippen molar-refractivity contribution in [2.24, 2.45) is 10.1 Å². The third-order valence-corrected chi connectivity index (χ3v) is 5.56. The first kappa shape index (κ1) is 19.6. The standard InChI is InChI=1S/C20H26FN3O2S/c1-20(2,3)18-12-27-19(23-14-7-5-4-6-8-14)24(18)22-11-13-9-16(25)17(26)10-15(13)21/h9-12,14,25-26H,4-8H2,1-3H3/b22-11+,23-19?. The third-order valence-electron chi connectivity index (χ3n) is 4.73. The van der Waals surface area contributed by atoms with Crippen molar-refractivity contribution in [3.8, 4) is 11.5 Å². The second-order valence-electron chi connectivity index (χ2n) is 7.99. The smallest absolute Gasteiger partial charge is 0.206 e.